The zero-order valence-corrected chi connectivity index (χ0v) is 14.1. The van der Waals surface area contributed by atoms with Crippen molar-refractivity contribution in [2.75, 3.05) is 13.1 Å². The van der Waals surface area contributed by atoms with E-state index in [1.807, 2.05) is 32.9 Å². The Morgan fingerprint density at radius 2 is 1.82 bits per heavy atom. The predicted octanol–water partition coefficient (Wildman–Crippen LogP) is 4.02. The van der Waals surface area contributed by atoms with Crippen molar-refractivity contribution in [2.24, 2.45) is 5.92 Å². The third-order valence-electron chi connectivity index (χ3n) is 3.85. The van der Waals surface area contributed by atoms with Crippen molar-refractivity contribution in [3.63, 3.8) is 0 Å². The van der Waals surface area contributed by atoms with Crippen molar-refractivity contribution in [2.45, 2.75) is 45.3 Å². The van der Waals surface area contributed by atoms with E-state index in [9.17, 15) is 9.90 Å². The van der Waals surface area contributed by atoms with E-state index in [2.05, 4.69) is 0 Å². The van der Waals surface area contributed by atoms with Crippen molar-refractivity contribution in [3.8, 4) is 0 Å². The van der Waals surface area contributed by atoms with Crippen molar-refractivity contribution in [1.29, 1.82) is 0 Å². The molecule has 22 heavy (non-hydrogen) atoms. The third-order valence-corrected chi connectivity index (χ3v) is 4.10. The molecular weight excluding hydrogens is 302 g/mol. The summed E-state index contributed by atoms with van der Waals surface area (Å²) in [6.45, 7) is 6.82. The number of halogens is 1. The van der Waals surface area contributed by atoms with E-state index in [0.29, 0.717) is 18.1 Å². The summed E-state index contributed by atoms with van der Waals surface area (Å²) in [6, 6.07) is 7.28. The molecule has 1 saturated heterocycles. The minimum absolute atomic E-state index is 0.153. The van der Waals surface area contributed by atoms with Crippen LogP contribution >= 0.6 is 11.6 Å². The van der Waals surface area contributed by atoms with E-state index in [4.69, 9.17) is 16.3 Å². The Kier molecular flexibility index (Phi) is 5.35. The van der Waals surface area contributed by atoms with Crippen LogP contribution in [-0.4, -0.2) is 34.8 Å². The number of nitrogens with zero attached hydrogens (tertiary/aromatic N) is 1. The van der Waals surface area contributed by atoms with E-state index in [0.717, 1.165) is 18.4 Å². The summed E-state index contributed by atoms with van der Waals surface area (Å²) >= 11 is 5.87. The molecule has 4 nitrogen and oxygen atoms in total. The van der Waals surface area contributed by atoms with Crippen LogP contribution in [0.15, 0.2) is 24.3 Å². The number of aliphatic hydroxyl groups is 1. The summed E-state index contributed by atoms with van der Waals surface area (Å²) in [7, 11) is 0. The van der Waals surface area contributed by atoms with Gasteiger partial charge in [-0.3, -0.25) is 0 Å². The fourth-order valence-electron chi connectivity index (χ4n) is 2.66. The molecule has 1 atom stereocenters. The van der Waals surface area contributed by atoms with Crippen molar-refractivity contribution in [1.82, 2.24) is 4.90 Å². The maximum atomic E-state index is 12.0. The van der Waals surface area contributed by atoms with E-state index in [1.165, 1.54) is 0 Å². The Labute approximate surface area is 137 Å². The largest absolute Gasteiger partial charge is 0.444 e. The molecule has 1 heterocycles. The number of carbonyl (C=O) groups excluding carboxylic acids is 1. The lowest BCUT2D eigenvalue weighted by Crippen LogP contribution is -2.42. The highest BCUT2D eigenvalue weighted by Crippen LogP contribution is 2.31. The van der Waals surface area contributed by atoms with Gasteiger partial charge in [0.25, 0.3) is 0 Å². The van der Waals surface area contributed by atoms with Crippen molar-refractivity contribution in [3.05, 3.63) is 34.9 Å². The Morgan fingerprint density at radius 3 is 2.32 bits per heavy atom. The minimum Gasteiger partial charge on any atom is -0.444 e. The normalized spacial score (nSPS) is 18.1. The standard InChI is InChI=1S/C17H24ClNO3/c1-17(2,3)22-16(21)19-10-8-13(9-11-19)15(20)12-4-6-14(18)7-5-12/h4-7,13,15,20H,8-11H2,1-3H3/t15-/m1/s1. The number of amides is 1. The van der Waals surface area contributed by atoms with Gasteiger partial charge in [0.05, 0.1) is 6.10 Å². The van der Waals surface area contributed by atoms with Gasteiger partial charge in [-0.25, -0.2) is 4.79 Å². The molecule has 1 fully saturated rings. The van der Waals surface area contributed by atoms with E-state index < -0.39 is 11.7 Å². The van der Waals surface area contributed by atoms with Crippen LogP contribution in [0.5, 0.6) is 0 Å². The number of ether oxygens (including phenoxy) is 1. The number of hydrogen-bond donors (Lipinski definition) is 1. The number of aliphatic hydroxyl groups excluding tert-OH is 1. The Hall–Kier alpha value is -1.26. The molecule has 0 aromatic heterocycles. The second-order valence-corrected chi connectivity index (χ2v) is 7.24. The van der Waals surface area contributed by atoms with Gasteiger partial charge in [-0.05, 0) is 57.2 Å². The van der Waals surface area contributed by atoms with Crippen LogP contribution in [0.4, 0.5) is 4.79 Å². The van der Waals surface area contributed by atoms with Crippen LogP contribution in [0.25, 0.3) is 0 Å². The summed E-state index contributed by atoms with van der Waals surface area (Å²) < 4.78 is 5.38. The highest BCUT2D eigenvalue weighted by molar-refractivity contribution is 6.30. The number of benzene rings is 1. The second-order valence-electron chi connectivity index (χ2n) is 6.80. The van der Waals surface area contributed by atoms with Crippen LogP contribution in [0.1, 0.15) is 45.3 Å². The van der Waals surface area contributed by atoms with E-state index in [1.54, 1.807) is 17.0 Å². The number of rotatable bonds is 2. The predicted molar refractivity (Wildman–Crippen MR) is 86.9 cm³/mol. The zero-order valence-electron chi connectivity index (χ0n) is 13.4. The van der Waals surface area contributed by atoms with Gasteiger partial charge in [-0.1, -0.05) is 23.7 Å². The number of piperidine rings is 1. The van der Waals surface area contributed by atoms with Crippen LogP contribution in [0.2, 0.25) is 5.02 Å². The summed E-state index contributed by atoms with van der Waals surface area (Å²) in [6.07, 6.45) is 0.747. The fraction of sp³-hybridized carbons (Fsp3) is 0.588. The van der Waals surface area contributed by atoms with Crippen molar-refractivity contribution < 1.29 is 14.6 Å². The summed E-state index contributed by atoms with van der Waals surface area (Å²) in [5.41, 5.74) is 0.400. The number of carbonyl (C=O) groups is 1. The minimum atomic E-state index is -0.516. The van der Waals surface area contributed by atoms with E-state index >= 15 is 0 Å². The molecule has 1 amide bonds. The van der Waals surface area contributed by atoms with Crippen LogP contribution in [0.3, 0.4) is 0 Å². The maximum Gasteiger partial charge on any atom is 0.410 e. The van der Waals surface area contributed by atoms with Gasteiger partial charge in [-0.2, -0.15) is 0 Å². The molecule has 122 valence electrons. The zero-order chi connectivity index (χ0) is 16.3. The van der Waals surface area contributed by atoms with Gasteiger partial charge in [-0.15, -0.1) is 0 Å². The lowest BCUT2D eigenvalue weighted by Gasteiger charge is -2.35. The third kappa shape index (κ3) is 4.62. The molecule has 5 heteroatoms. The van der Waals surface area contributed by atoms with Crippen LogP contribution < -0.4 is 0 Å². The highest BCUT2D eigenvalue weighted by Gasteiger charge is 2.30. The maximum absolute atomic E-state index is 12.0. The van der Waals surface area contributed by atoms with Gasteiger partial charge < -0.3 is 14.7 Å². The Morgan fingerprint density at radius 1 is 1.27 bits per heavy atom. The molecule has 0 aliphatic carbocycles. The molecule has 0 bridgehead atoms. The molecule has 1 aromatic rings. The summed E-state index contributed by atoms with van der Waals surface area (Å²) in [4.78, 5) is 13.7. The molecule has 1 aliphatic heterocycles. The smallest absolute Gasteiger partial charge is 0.410 e. The summed E-state index contributed by atoms with van der Waals surface area (Å²) in [5, 5.41) is 11.1. The van der Waals surface area contributed by atoms with Gasteiger partial charge in [0.1, 0.15) is 5.60 Å². The first kappa shape index (κ1) is 17.1. The molecule has 1 aromatic carbocycles. The quantitative estimate of drug-likeness (QED) is 0.893. The Bertz CT molecular complexity index is 502. The molecule has 0 radical (unpaired) electrons. The molecule has 0 saturated carbocycles. The SMILES string of the molecule is CC(C)(C)OC(=O)N1CCC([C@H](O)c2ccc(Cl)cc2)CC1. The lowest BCUT2D eigenvalue weighted by molar-refractivity contribution is 0.00767. The van der Waals surface area contributed by atoms with Crippen LogP contribution in [0, 0.1) is 5.92 Å². The monoisotopic (exact) mass is 325 g/mol. The molecule has 0 spiro atoms. The van der Waals surface area contributed by atoms with Crippen molar-refractivity contribution >= 4 is 17.7 Å². The first-order valence-electron chi connectivity index (χ1n) is 7.68. The molecule has 1 aliphatic rings. The first-order chi connectivity index (χ1) is 10.3. The fourth-order valence-corrected chi connectivity index (χ4v) is 2.78. The summed E-state index contributed by atoms with van der Waals surface area (Å²) in [5.74, 6) is 0.153. The van der Waals surface area contributed by atoms with Gasteiger partial charge in [0.2, 0.25) is 0 Å². The topological polar surface area (TPSA) is 49.8 Å². The average molecular weight is 326 g/mol. The Balaban J connectivity index is 1.89. The lowest BCUT2D eigenvalue weighted by atomic mass is 9.87. The number of hydrogen-bond acceptors (Lipinski definition) is 3. The highest BCUT2D eigenvalue weighted by atomic mass is 35.5. The number of likely N-dealkylation sites (tertiary alicyclic amines) is 1. The molecular formula is C17H24ClNO3. The first-order valence-corrected chi connectivity index (χ1v) is 8.05. The van der Waals surface area contributed by atoms with Gasteiger partial charge in [0, 0.05) is 18.1 Å². The molecule has 2 rings (SSSR count). The second kappa shape index (κ2) is 6.88. The van der Waals surface area contributed by atoms with E-state index in [-0.39, 0.29) is 12.0 Å². The van der Waals surface area contributed by atoms with Gasteiger partial charge >= 0.3 is 6.09 Å². The molecule has 0 unspecified atom stereocenters. The average Bonchev–Trinajstić information content (AvgIpc) is 2.46. The molecule has 1 N–H and O–H groups in total. The van der Waals surface area contributed by atoms with Gasteiger partial charge in [0.15, 0.2) is 0 Å². The van der Waals surface area contributed by atoms with Crippen LogP contribution in [-0.2, 0) is 4.74 Å².